The molecule has 1 aromatic heterocycles. The van der Waals surface area contributed by atoms with Gasteiger partial charge >= 0.3 is 0 Å². The average Bonchev–Trinajstić information content (AvgIpc) is 2.28. The molecule has 0 radical (unpaired) electrons. The van der Waals surface area contributed by atoms with Gasteiger partial charge in [0.25, 0.3) is 5.91 Å². The molecule has 1 heterocycles. The monoisotopic (exact) mass is 269 g/mol. The Kier molecular flexibility index (Phi) is 4.96. The Hall–Kier alpha value is -1.29. The molecule has 0 spiro atoms. The van der Waals surface area contributed by atoms with Crippen molar-refractivity contribution in [1.82, 2.24) is 10.3 Å². The van der Waals surface area contributed by atoms with Crippen molar-refractivity contribution in [1.29, 1.82) is 0 Å². The lowest BCUT2D eigenvalue weighted by Crippen LogP contribution is -2.42. The van der Waals surface area contributed by atoms with Gasteiger partial charge in [0.1, 0.15) is 11.0 Å². The fourth-order valence-electron chi connectivity index (χ4n) is 1.37. The van der Waals surface area contributed by atoms with Gasteiger partial charge in [0.05, 0.1) is 0 Å². The highest BCUT2D eigenvalue weighted by Crippen LogP contribution is 2.16. The number of pyridine rings is 1. The molecule has 0 aliphatic rings. The fourth-order valence-corrected chi connectivity index (χ4v) is 1.58. The van der Waals surface area contributed by atoms with Gasteiger partial charge in [-0.15, -0.1) is 0 Å². The van der Waals surface area contributed by atoms with E-state index in [-0.39, 0.29) is 11.4 Å². The number of amides is 1. The smallest absolute Gasteiger partial charge is 0.251 e. The van der Waals surface area contributed by atoms with Crippen molar-refractivity contribution >= 4 is 23.3 Å². The summed E-state index contributed by atoms with van der Waals surface area (Å²) in [6.07, 6.45) is 0.859. The lowest BCUT2D eigenvalue weighted by atomic mass is 10.0. The maximum atomic E-state index is 12.1. The quantitative estimate of drug-likeness (QED) is 0.808. The van der Waals surface area contributed by atoms with E-state index in [9.17, 15) is 4.79 Å². The van der Waals surface area contributed by atoms with Crippen LogP contribution in [0.2, 0.25) is 5.15 Å². The van der Waals surface area contributed by atoms with Crippen LogP contribution in [0.5, 0.6) is 0 Å². The highest BCUT2D eigenvalue weighted by molar-refractivity contribution is 6.29. The summed E-state index contributed by atoms with van der Waals surface area (Å²) >= 11 is 5.90. The molecule has 0 aliphatic carbocycles. The molecule has 2 N–H and O–H groups in total. The number of hydrogen-bond acceptors (Lipinski definition) is 3. The van der Waals surface area contributed by atoms with Crippen molar-refractivity contribution in [3.8, 4) is 0 Å². The second-order valence-corrected chi connectivity index (χ2v) is 5.17. The Morgan fingerprint density at radius 3 is 2.61 bits per heavy atom. The first-order chi connectivity index (χ1) is 8.38. The van der Waals surface area contributed by atoms with Crippen molar-refractivity contribution in [2.45, 2.75) is 39.7 Å². The summed E-state index contributed by atoms with van der Waals surface area (Å²) in [4.78, 5) is 16.2. The van der Waals surface area contributed by atoms with Crippen molar-refractivity contribution < 1.29 is 4.79 Å². The number of anilines is 1. The first-order valence-corrected chi connectivity index (χ1v) is 6.49. The van der Waals surface area contributed by atoms with E-state index in [2.05, 4.69) is 15.6 Å². The lowest BCUT2D eigenvalue weighted by Gasteiger charge is -2.24. The van der Waals surface area contributed by atoms with Crippen LogP contribution in [0.1, 0.15) is 44.5 Å². The van der Waals surface area contributed by atoms with Crippen molar-refractivity contribution in [3.05, 3.63) is 22.8 Å². The molecule has 0 fully saturated rings. The predicted octanol–water partition coefficient (Wildman–Crippen LogP) is 3.09. The maximum absolute atomic E-state index is 12.1. The number of aromatic nitrogens is 1. The van der Waals surface area contributed by atoms with E-state index in [1.165, 1.54) is 0 Å². The number of nitrogens with one attached hydrogen (secondary N) is 2. The molecule has 0 aromatic carbocycles. The maximum Gasteiger partial charge on any atom is 0.251 e. The van der Waals surface area contributed by atoms with Gasteiger partial charge in [-0.1, -0.05) is 18.5 Å². The summed E-state index contributed by atoms with van der Waals surface area (Å²) in [5.41, 5.74) is 0.290. The molecule has 1 amide bonds. The van der Waals surface area contributed by atoms with Gasteiger partial charge in [0.15, 0.2) is 0 Å². The third-order valence-electron chi connectivity index (χ3n) is 2.75. The van der Waals surface area contributed by atoms with E-state index in [0.717, 1.165) is 13.0 Å². The van der Waals surface area contributed by atoms with Gasteiger partial charge in [0.2, 0.25) is 0 Å². The van der Waals surface area contributed by atoms with Crippen LogP contribution < -0.4 is 10.6 Å². The summed E-state index contributed by atoms with van der Waals surface area (Å²) in [6, 6.07) is 3.28. The first kappa shape index (κ1) is 14.8. The van der Waals surface area contributed by atoms with Crippen LogP contribution in [0.3, 0.4) is 0 Å². The topological polar surface area (TPSA) is 54.0 Å². The summed E-state index contributed by atoms with van der Waals surface area (Å²) < 4.78 is 0. The number of carbonyl (C=O) groups is 1. The summed E-state index contributed by atoms with van der Waals surface area (Å²) in [5.74, 6) is 0.481. The molecule has 0 unspecified atom stereocenters. The van der Waals surface area contributed by atoms with E-state index in [4.69, 9.17) is 11.6 Å². The highest BCUT2D eigenvalue weighted by atomic mass is 35.5. The number of nitrogens with zero attached hydrogens (tertiary/aromatic N) is 1. The van der Waals surface area contributed by atoms with Gasteiger partial charge in [-0.25, -0.2) is 4.98 Å². The van der Waals surface area contributed by atoms with E-state index >= 15 is 0 Å². The summed E-state index contributed by atoms with van der Waals surface area (Å²) in [5, 5.41) is 6.32. The largest absolute Gasteiger partial charge is 0.370 e. The minimum atomic E-state index is -0.231. The Bertz CT molecular complexity index is 432. The van der Waals surface area contributed by atoms with Gasteiger partial charge in [0, 0.05) is 17.6 Å². The normalized spacial score (nSPS) is 11.2. The van der Waals surface area contributed by atoms with Crippen LogP contribution >= 0.6 is 11.6 Å². The Balaban J connectivity index is 2.92. The van der Waals surface area contributed by atoms with E-state index in [1.54, 1.807) is 12.1 Å². The molecule has 100 valence electrons. The van der Waals surface area contributed by atoms with Gasteiger partial charge in [-0.2, -0.15) is 0 Å². The Morgan fingerprint density at radius 1 is 1.39 bits per heavy atom. The van der Waals surface area contributed by atoms with Crippen LogP contribution in [0.25, 0.3) is 0 Å². The zero-order chi connectivity index (χ0) is 13.8. The third kappa shape index (κ3) is 4.18. The predicted molar refractivity (Wildman–Crippen MR) is 75.2 cm³/mol. The number of carbonyl (C=O) groups excluding carboxylic acids is 1. The zero-order valence-electron chi connectivity index (χ0n) is 11.3. The van der Waals surface area contributed by atoms with E-state index in [0.29, 0.717) is 16.5 Å². The SMILES string of the molecule is CCNc1cc(C(=O)NC(C)(C)CC)cc(Cl)n1. The summed E-state index contributed by atoms with van der Waals surface area (Å²) in [7, 11) is 0. The summed E-state index contributed by atoms with van der Waals surface area (Å²) in [6.45, 7) is 8.69. The molecule has 1 rings (SSSR count). The van der Waals surface area contributed by atoms with Crippen LogP contribution in [-0.4, -0.2) is 23.0 Å². The van der Waals surface area contributed by atoms with Crippen molar-refractivity contribution in [3.63, 3.8) is 0 Å². The molecule has 0 saturated heterocycles. The lowest BCUT2D eigenvalue weighted by molar-refractivity contribution is 0.0911. The number of halogens is 1. The Morgan fingerprint density at radius 2 is 2.06 bits per heavy atom. The zero-order valence-corrected chi connectivity index (χ0v) is 12.1. The molecular formula is C13H20ClN3O. The van der Waals surface area contributed by atoms with Crippen molar-refractivity contribution in [2.75, 3.05) is 11.9 Å². The van der Waals surface area contributed by atoms with Crippen molar-refractivity contribution in [2.24, 2.45) is 0 Å². The first-order valence-electron chi connectivity index (χ1n) is 6.12. The van der Waals surface area contributed by atoms with Crippen LogP contribution in [0, 0.1) is 0 Å². The minimum Gasteiger partial charge on any atom is -0.370 e. The van der Waals surface area contributed by atoms with Gasteiger partial charge in [-0.05, 0) is 39.3 Å². The fraction of sp³-hybridized carbons (Fsp3) is 0.538. The second kappa shape index (κ2) is 6.05. The molecular weight excluding hydrogens is 250 g/mol. The van der Waals surface area contributed by atoms with E-state index < -0.39 is 0 Å². The molecule has 0 saturated carbocycles. The van der Waals surface area contributed by atoms with Gasteiger partial charge < -0.3 is 10.6 Å². The van der Waals surface area contributed by atoms with E-state index in [1.807, 2.05) is 27.7 Å². The molecule has 5 heteroatoms. The third-order valence-corrected chi connectivity index (χ3v) is 2.94. The minimum absolute atomic E-state index is 0.134. The standard InChI is InChI=1S/C13H20ClN3O/c1-5-13(3,4)17-12(18)9-7-10(14)16-11(8-9)15-6-2/h7-8H,5-6H2,1-4H3,(H,15,16)(H,17,18). The number of hydrogen-bond donors (Lipinski definition) is 2. The molecule has 1 aromatic rings. The number of rotatable bonds is 5. The van der Waals surface area contributed by atoms with Crippen LogP contribution in [-0.2, 0) is 0 Å². The molecule has 0 bridgehead atoms. The molecule has 4 nitrogen and oxygen atoms in total. The van der Waals surface area contributed by atoms with Crippen LogP contribution in [0.15, 0.2) is 12.1 Å². The Labute approximate surface area is 113 Å². The van der Waals surface area contributed by atoms with Gasteiger partial charge in [-0.3, -0.25) is 4.79 Å². The molecule has 18 heavy (non-hydrogen) atoms. The second-order valence-electron chi connectivity index (χ2n) is 4.79. The molecule has 0 atom stereocenters. The van der Waals surface area contributed by atoms with Crippen LogP contribution in [0.4, 0.5) is 5.82 Å². The molecule has 0 aliphatic heterocycles. The average molecular weight is 270 g/mol. The highest BCUT2D eigenvalue weighted by Gasteiger charge is 2.19.